The Morgan fingerprint density at radius 1 is 1.40 bits per heavy atom. The third-order valence-electron chi connectivity index (χ3n) is 1.41. The normalized spacial score (nSPS) is 8.73. The van der Waals surface area contributed by atoms with Gasteiger partial charge in [0, 0.05) is 0 Å². The number of carboxylic acid groups (broad SMARTS) is 1. The predicted octanol–water partition coefficient (Wildman–Crippen LogP) is 3.33. The molecule has 1 aromatic carbocycles. The molecular formula is C11H15BrO3. The van der Waals surface area contributed by atoms with Crippen LogP contribution in [0, 0.1) is 0 Å². The van der Waals surface area contributed by atoms with Crippen LogP contribution in [0.2, 0.25) is 0 Å². The molecule has 0 aliphatic rings. The van der Waals surface area contributed by atoms with Crippen molar-refractivity contribution >= 4 is 21.9 Å². The van der Waals surface area contributed by atoms with Gasteiger partial charge >= 0.3 is 5.97 Å². The van der Waals surface area contributed by atoms with Crippen LogP contribution in [-0.4, -0.2) is 17.7 Å². The third-order valence-corrected chi connectivity index (χ3v) is 2.07. The third kappa shape index (κ3) is 6.12. The van der Waals surface area contributed by atoms with Crippen molar-refractivity contribution in [3.8, 4) is 5.75 Å². The van der Waals surface area contributed by atoms with E-state index in [4.69, 9.17) is 9.84 Å². The van der Waals surface area contributed by atoms with Crippen molar-refractivity contribution in [1.82, 2.24) is 0 Å². The van der Waals surface area contributed by atoms with Gasteiger partial charge in [0.15, 0.2) is 0 Å². The molecule has 1 aromatic rings. The molecule has 0 amide bonds. The SMILES string of the molecule is CC.O=C(O)CCOc1ccccc1Br. The lowest BCUT2D eigenvalue weighted by Crippen LogP contribution is -2.04. The van der Waals surface area contributed by atoms with Gasteiger partial charge in [-0.2, -0.15) is 0 Å². The zero-order valence-corrected chi connectivity index (χ0v) is 10.5. The Bertz CT molecular complexity index is 300. The number of aliphatic carboxylic acids is 1. The molecule has 3 nitrogen and oxygen atoms in total. The van der Waals surface area contributed by atoms with E-state index < -0.39 is 5.97 Å². The fourth-order valence-electron chi connectivity index (χ4n) is 0.810. The van der Waals surface area contributed by atoms with E-state index in [0.717, 1.165) is 4.47 Å². The van der Waals surface area contributed by atoms with Crippen LogP contribution in [0.3, 0.4) is 0 Å². The van der Waals surface area contributed by atoms with Crippen LogP contribution in [-0.2, 0) is 4.79 Å². The van der Waals surface area contributed by atoms with Gasteiger partial charge < -0.3 is 9.84 Å². The molecule has 1 N–H and O–H groups in total. The summed E-state index contributed by atoms with van der Waals surface area (Å²) in [5.74, 6) is -0.184. The van der Waals surface area contributed by atoms with E-state index >= 15 is 0 Å². The van der Waals surface area contributed by atoms with Crippen LogP contribution in [0.5, 0.6) is 5.75 Å². The van der Waals surface area contributed by atoms with Crippen LogP contribution in [0.1, 0.15) is 20.3 Å². The molecule has 0 bridgehead atoms. The Balaban J connectivity index is 0.000000921. The van der Waals surface area contributed by atoms with Gasteiger partial charge in [-0.25, -0.2) is 0 Å². The standard InChI is InChI=1S/C9H9BrO3.C2H6/c10-7-3-1-2-4-8(7)13-6-5-9(11)12;1-2/h1-4H,5-6H2,(H,11,12);1-2H3. The predicted molar refractivity (Wildman–Crippen MR) is 63.2 cm³/mol. The number of carboxylic acids is 1. The van der Waals surface area contributed by atoms with Crippen molar-refractivity contribution in [2.24, 2.45) is 0 Å². The number of para-hydroxylation sites is 1. The van der Waals surface area contributed by atoms with Crippen molar-refractivity contribution in [2.45, 2.75) is 20.3 Å². The number of ether oxygens (including phenoxy) is 1. The largest absolute Gasteiger partial charge is 0.492 e. The van der Waals surface area contributed by atoms with Crippen molar-refractivity contribution in [2.75, 3.05) is 6.61 Å². The molecule has 84 valence electrons. The molecule has 0 aromatic heterocycles. The fourth-order valence-corrected chi connectivity index (χ4v) is 1.21. The molecule has 0 saturated heterocycles. The van der Waals surface area contributed by atoms with Gasteiger partial charge in [-0.1, -0.05) is 26.0 Å². The average molecular weight is 275 g/mol. The Hall–Kier alpha value is -1.03. The molecule has 1 rings (SSSR count). The summed E-state index contributed by atoms with van der Waals surface area (Å²) in [7, 11) is 0. The molecule has 0 aliphatic heterocycles. The van der Waals surface area contributed by atoms with Crippen molar-refractivity contribution in [3.05, 3.63) is 28.7 Å². The first-order valence-corrected chi connectivity index (χ1v) is 5.58. The van der Waals surface area contributed by atoms with Crippen molar-refractivity contribution < 1.29 is 14.6 Å². The quantitative estimate of drug-likeness (QED) is 0.916. The van der Waals surface area contributed by atoms with Crippen LogP contribution < -0.4 is 4.74 Å². The maximum absolute atomic E-state index is 10.2. The van der Waals surface area contributed by atoms with E-state index in [1.165, 1.54) is 0 Å². The van der Waals surface area contributed by atoms with Gasteiger partial charge in [0.2, 0.25) is 0 Å². The zero-order chi connectivity index (χ0) is 11.7. The van der Waals surface area contributed by atoms with E-state index in [0.29, 0.717) is 5.75 Å². The minimum Gasteiger partial charge on any atom is -0.492 e. The molecule has 0 radical (unpaired) electrons. The van der Waals surface area contributed by atoms with Gasteiger partial charge in [0.1, 0.15) is 5.75 Å². The highest BCUT2D eigenvalue weighted by molar-refractivity contribution is 9.10. The number of hydrogen-bond donors (Lipinski definition) is 1. The summed E-state index contributed by atoms with van der Waals surface area (Å²) < 4.78 is 6.05. The minimum absolute atomic E-state index is 0.0152. The molecule has 0 fully saturated rings. The lowest BCUT2D eigenvalue weighted by atomic mass is 10.3. The topological polar surface area (TPSA) is 46.5 Å². The number of rotatable bonds is 4. The molecular weight excluding hydrogens is 260 g/mol. The average Bonchev–Trinajstić information content (AvgIpc) is 2.23. The summed E-state index contributed by atoms with van der Waals surface area (Å²) in [4.78, 5) is 10.2. The number of halogens is 1. The first-order valence-electron chi connectivity index (χ1n) is 4.79. The molecule has 0 heterocycles. The molecule has 0 atom stereocenters. The Kier molecular flexibility index (Phi) is 7.72. The van der Waals surface area contributed by atoms with Gasteiger partial charge in [-0.15, -0.1) is 0 Å². The Labute approximate surface area is 98.2 Å². The second kappa shape index (κ2) is 8.29. The maximum atomic E-state index is 10.2. The Morgan fingerprint density at radius 2 is 2.00 bits per heavy atom. The van der Waals surface area contributed by atoms with Crippen molar-refractivity contribution in [1.29, 1.82) is 0 Å². The maximum Gasteiger partial charge on any atom is 0.306 e. The molecule has 0 spiro atoms. The zero-order valence-electron chi connectivity index (χ0n) is 8.87. The first-order chi connectivity index (χ1) is 7.20. The van der Waals surface area contributed by atoms with Crippen LogP contribution in [0.4, 0.5) is 0 Å². The van der Waals surface area contributed by atoms with E-state index in [2.05, 4.69) is 15.9 Å². The highest BCUT2D eigenvalue weighted by Gasteiger charge is 2.00. The highest BCUT2D eigenvalue weighted by atomic mass is 79.9. The smallest absolute Gasteiger partial charge is 0.306 e. The minimum atomic E-state index is -0.855. The summed E-state index contributed by atoms with van der Waals surface area (Å²) in [5, 5.41) is 8.37. The second-order valence-electron chi connectivity index (χ2n) is 2.42. The van der Waals surface area contributed by atoms with Crippen LogP contribution in [0.15, 0.2) is 28.7 Å². The molecule has 0 unspecified atom stereocenters. The van der Waals surface area contributed by atoms with E-state index in [-0.39, 0.29) is 13.0 Å². The monoisotopic (exact) mass is 274 g/mol. The summed E-state index contributed by atoms with van der Waals surface area (Å²) >= 11 is 3.29. The van der Waals surface area contributed by atoms with E-state index in [1.807, 2.05) is 32.0 Å². The van der Waals surface area contributed by atoms with Gasteiger partial charge in [0.05, 0.1) is 17.5 Å². The lowest BCUT2D eigenvalue weighted by Gasteiger charge is -2.05. The molecule has 0 aliphatic carbocycles. The first kappa shape index (κ1) is 14.0. The summed E-state index contributed by atoms with van der Waals surface area (Å²) in [6.07, 6.45) is 0.0152. The van der Waals surface area contributed by atoms with Crippen LogP contribution >= 0.6 is 15.9 Å². The molecule has 0 saturated carbocycles. The Morgan fingerprint density at radius 3 is 2.53 bits per heavy atom. The van der Waals surface area contributed by atoms with Gasteiger partial charge in [-0.05, 0) is 28.1 Å². The lowest BCUT2D eigenvalue weighted by molar-refractivity contribution is -0.137. The fraction of sp³-hybridized carbons (Fsp3) is 0.364. The number of hydrogen-bond acceptors (Lipinski definition) is 2. The summed E-state index contributed by atoms with van der Waals surface area (Å²) in [5.41, 5.74) is 0. The van der Waals surface area contributed by atoms with Gasteiger partial charge in [0.25, 0.3) is 0 Å². The second-order valence-corrected chi connectivity index (χ2v) is 3.28. The molecule has 4 heteroatoms. The van der Waals surface area contributed by atoms with E-state index in [9.17, 15) is 4.79 Å². The summed E-state index contributed by atoms with van der Waals surface area (Å²) in [6.45, 7) is 4.19. The van der Waals surface area contributed by atoms with E-state index in [1.54, 1.807) is 6.07 Å². The number of benzene rings is 1. The van der Waals surface area contributed by atoms with Crippen LogP contribution in [0.25, 0.3) is 0 Å². The molecule has 15 heavy (non-hydrogen) atoms. The summed E-state index contributed by atoms with van der Waals surface area (Å²) in [6, 6.07) is 7.33. The number of carbonyl (C=O) groups is 1. The van der Waals surface area contributed by atoms with Crippen molar-refractivity contribution in [3.63, 3.8) is 0 Å². The van der Waals surface area contributed by atoms with Gasteiger partial charge in [-0.3, -0.25) is 4.79 Å². The highest BCUT2D eigenvalue weighted by Crippen LogP contribution is 2.23.